The Balaban J connectivity index is 1.82. The van der Waals surface area contributed by atoms with Crippen LogP contribution in [0.2, 0.25) is 0 Å². The number of hydrogen-bond acceptors (Lipinski definition) is 15. The molecule has 2 heterocycles. The van der Waals surface area contributed by atoms with Gasteiger partial charge in [-0.05, 0) is 32.2 Å². The van der Waals surface area contributed by atoms with E-state index in [2.05, 4.69) is 5.32 Å². The van der Waals surface area contributed by atoms with Crippen molar-refractivity contribution in [2.24, 2.45) is 34.4 Å². The highest BCUT2D eigenvalue weighted by Crippen LogP contribution is 2.30. The standard InChI is InChI=1S/C22H45N7O9/c23-4-3-12(31)20(34)29-11-5-10(26)18(37-21-9(25)2-1-8(6-24)35-21)15(28)19(11)38-22-17(33)14(27)16(32)13(7-30)36-22/h8-19,21-22,30-33H,1-7,23-28H2,(H,29,34)/t8?,9?,10-,11+,12-,13?,14-,15?,16+,17?,18?,19-,21+,22+/m0/s1. The quantitative estimate of drug-likeness (QED) is 0.120. The molecule has 0 aromatic carbocycles. The van der Waals surface area contributed by atoms with Gasteiger partial charge < -0.3 is 79.1 Å². The van der Waals surface area contributed by atoms with Gasteiger partial charge in [0.15, 0.2) is 12.6 Å². The van der Waals surface area contributed by atoms with E-state index < -0.39 is 91.9 Å². The van der Waals surface area contributed by atoms with Crippen molar-refractivity contribution in [3.05, 3.63) is 0 Å². The molecule has 2 aliphatic heterocycles. The first kappa shape index (κ1) is 31.4. The molecule has 16 nitrogen and oxygen atoms in total. The molecule has 3 fully saturated rings. The van der Waals surface area contributed by atoms with Gasteiger partial charge in [0, 0.05) is 12.6 Å². The third kappa shape index (κ3) is 7.15. The second kappa shape index (κ2) is 14.0. The van der Waals surface area contributed by atoms with Crippen LogP contribution in [0, 0.1) is 0 Å². The minimum atomic E-state index is -1.49. The molecule has 0 radical (unpaired) electrons. The van der Waals surface area contributed by atoms with Crippen molar-refractivity contribution in [3.63, 3.8) is 0 Å². The van der Waals surface area contributed by atoms with E-state index in [1.54, 1.807) is 0 Å². The summed E-state index contributed by atoms with van der Waals surface area (Å²) in [5.41, 5.74) is 36.3. The summed E-state index contributed by atoms with van der Waals surface area (Å²) in [7, 11) is 0. The van der Waals surface area contributed by atoms with Crippen LogP contribution in [0.25, 0.3) is 0 Å². The van der Waals surface area contributed by atoms with Crippen LogP contribution in [-0.4, -0.2) is 132 Å². The van der Waals surface area contributed by atoms with Gasteiger partial charge in [0.2, 0.25) is 5.91 Å². The third-order valence-electron chi connectivity index (χ3n) is 7.45. The number of amides is 1. The summed E-state index contributed by atoms with van der Waals surface area (Å²) in [6, 6.07) is -4.20. The minimum absolute atomic E-state index is 0.0303. The number of aliphatic hydroxyl groups is 4. The molecule has 16 heteroatoms. The molecule has 0 aromatic rings. The zero-order chi connectivity index (χ0) is 28.1. The highest BCUT2D eigenvalue weighted by Gasteiger charge is 2.50. The van der Waals surface area contributed by atoms with Gasteiger partial charge in [-0.3, -0.25) is 4.79 Å². The lowest BCUT2D eigenvalue weighted by atomic mass is 9.82. The molecule has 17 N–H and O–H groups in total. The topological polar surface area (TPSA) is 303 Å². The maximum atomic E-state index is 12.6. The Morgan fingerprint density at radius 3 is 2.26 bits per heavy atom. The number of aliphatic hydroxyl groups excluding tert-OH is 4. The molecular formula is C22H45N7O9. The molecule has 0 bridgehead atoms. The monoisotopic (exact) mass is 551 g/mol. The lowest BCUT2D eigenvalue weighted by Gasteiger charge is -2.49. The molecule has 14 atom stereocenters. The van der Waals surface area contributed by atoms with E-state index in [9.17, 15) is 25.2 Å². The van der Waals surface area contributed by atoms with E-state index in [-0.39, 0.29) is 32.0 Å². The van der Waals surface area contributed by atoms with E-state index in [0.29, 0.717) is 12.8 Å². The number of carbonyl (C=O) groups is 1. The largest absolute Gasteiger partial charge is 0.394 e. The minimum Gasteiger partial charge on any atom is -0.394 e. The molecule has 1 amide bonds. The number of nitrogens with one attached hydrogen (secondary N) is 1. The Morgan fingerprint density at radius 2 is 1.63 bits per heavy atom. The number of nitrogens with two attached hydrogens (primary N) is 6. The number of rotatable bonds is 10. The van der Waals surface area contributed by atoms with Gasteiger partial charge in [-0.1, -0.05) is 0 Å². The van der Waals surface area contributed by atoms with Crippen LogP contribution in [0.5, 0.6) is 0 Å². The van der Waals surface area contributed by atoms with Crippen molar-refractivity contribution in [3.8, 4) is 0 Å². The van der Waals surface area contributed by atoms with Gasteiger partial charge in [0.25, 0.3) is 0 Å². The number of carbonyl (C=O) groups excluding carboxylic acids is 1. The van der Waals surface area contributed by atoms with Crippen LogP contribution in [0.1, 0.15) is 25.7 Å². The molecule has 0 aromatic heterocycles. The molecule has 38 heavy (non-hydrogen) atoms. The molecule has 222 valence electrons. The normalized spacial score (nSPS) is 44.9. The predicted molar refractivity (Wildman–Crippen MR) is 133 cm³/mol. The highest BCUT2D eigenvalue weighted by molar-refractivity contribution is 5.80. The summed E-state index contributed by atoms with van der Waals surface area (Å²) in [6.45, 7) is -0.209. The fourth-order valence-corrected chi connectivity index (χ4v) is 5.11. The van der Waals surface area contributed by atoms with E-state index >= 15 is 0 Å². The Kier molecular flexibility index (Phi) is 11.6. The maximum absolute atomic E-state index is 12.6. The average Bonchev–Trinajstić information content (AvgIpc) is 2.89. The van der Waals surface area contributed by atoms with Gasteiger partial charge in [-0.15, -0.1) is 0 Å². The fourth-order valence-electron chi connectivity index (χ4n) is 5.11. The first-order chi connectivity index (χ1) is 18.0. The first-order valence-corrected chi connectivity index (χ1v) is 13.0. The Hall–Kier alpha value is -1.09. The zero-order valence-electron chi connectivity index (χ0n) is 21.3. The molecule has 0 spiro atoms. The Bertz CT molecular complexity index is 756. The van der Waals surface area contributed by atoms with Crippen LogP contribution in [-0.2, 0) is 23.7 Å². The van der Waals surface area contributed by atoms with E-state index in [1.165, 1.54) is 0 Å². The van der Waals surface area contributed by atoms with E-state index in [4.69, 9.17) is 53.3 Å². The van der Waals surface area contributed by atoms with Crippen LogP contribution in [0.3, 0.4) is 0 Å². The summed E-state index contributed by atoms with van der Waals surface area (Å²) in [4.78, 5) is 12.6. The summed E-state index contributed by atoms with van der Waals surface area (Å²) >= 11 is 0. The predicted octanol–water partition coefficient (Wildman–Crippen LogP) is -6.43. The average molecular weight is 552 g/mol. The van der Waals surface area contributed by atoms with Crippen molar-refractivity contribution in [1.82, 2.24) is 5.32 Å². The number of ether oxygens (including phenoxy) is 4. The van der Waals surface area contributed by atoms with Gasteiger partial charge in [0.05, 0.1) is 49.1 Å². The first-order valence-electron chi connectivity index (χ1n) is 13.0. The van der Waals surface area contributed by atoms with Crippen LogP contribution in [0.4, 0.5) is 0 Å². The molecule has 2 saturated heterocycles. The fraction of sp³-hybridized carbons (Fsp3) is 0.955. The smallest absolute Gasteiger partial charge is 0.249 e. The molecular weight excluding hydrogens is 506 g/mol. The second-order valence-electron chi connectivity index (χ2n) is 10.3. The van der Waals surface area contributed by atoms with Crippen molar-refractivity contribution >= 4 is 5.91 Å². The second-order valence-corrected chi connectivity index (χ2v) is 10.3. The number of hydrogen-bond donors (Lipinski definition) is 11. The molecule has 1 aliphatic carbocycles. The molecule has 3 aliphatic rings. The SMILES string of the molecule is NCC[C@H](O)C(=O)N[C@@H]1C[C@H](N)C(O[C@H]2OC(CN)CCC2N)C(N)[C@H]1O[C@H]1OC(CO)[C@@H](O)[C@H](N)C1O. The maximum Gasteiger partial charge on any atom is 0.249 e. The van der Waals surface area contributed by atoms with Gasteiger partial charge >= 0.3 is 0 Å². The van der Waals surface area contributed by atoms with E-state index in [1.807, 2.05) is 0 Å². The van der Waals surface area contributed by atoms with Gasteiger partial charge in [0.1, 0.15) is 24.4 Å². The molecule has 6 unspecified atom stereocenters. The van der Waals surface area contributed by atoms with Gasteiger partial charge in [-0.2, -0.15) is 0 Å². The zero-order valence-corrected chi connectivity index (χ0v) is 21.3. The van der Waals surface area contributed by atoms with Crippen LogP contribution < -0.4 is 39.7 Å². The van der Waals surface area contributed by atoms with Crippen LogP contribution >= 0.6 is 0 Å². The third-order valence-corrected chi connectivity index (χ3v) is 7.45. The van der Waals surface area contributed by atoms with Crippen molar-refractivity contribution in [2.45, 2.75) is 111 Å². The summed E-state index contributed by atoms with van der Waals surface area (Å²) < 4.78 is 23.6. The molecule has 3 rings (SSSR count). The summed E-state index contributed by atoms with van der Waals surface area (Å²) in [5, 5.41) is 43.2. The van der Waals surface area contributed by atoms with Crippen molar-refractivity contribution < 1.29 is 44.2 Å². The summed E-state index contributed by atoms with van der Waals surface area (Å²) in [5.74, 6) is -0.707. The van der Waals surface area contributed by atoms with Crippen molar-refractivity contribution in [2.75, 3.05) is 19.7 Å². The Morgan fingerprint density at radius 1 is 0.947 bits per heavy atom. The van der Waals surface area contributed by atoms with Crippen LogP contribution in [0.15, 0.2) is 0 Å². The van der Waals surface area contributed by atoms with Crippen molar-refractivity contribution in [1.29, 1.82) is 0 Å². The van der Waals surface area contributed by atoms with Gasteiger partial charge in [-0.25, -0.2) is 0 Å². The molecule has 1 saturated carbocycles. The lowest BCUT2D eigenvalue weighted by Crippen LogP contribution is -2.71. The van der Waals surface area contributed by atoms with E-state index in [0.717, 1.165) is 0 Å². The lowest BCUT2D eigenvalue weighted by molar-refractivity contribution is -0.301. The summed E-state index contributed by atoms with van der Waals surface area (Å²) in [6.07, 6.45) is -8.33. The highest BCUT2D eigenvalue weighted by atomic mass is 16.7. The Labute approximate surface area is 221 Å².